The summed E-state index contributed by atoms with van der Waals surface area (Å²) in [5.74, 6) is 0.441. The molecule has 2 aromatic rings. The van der Waals surface area contributed by atoms with E-state index in [1.165, 1.54) is 19.5 Å². The second-order valence-electron chi connectivity index (χ2n) is 3.75. The molecule has 0 bridgehead atoms. The fourth-order valence-electron chi connectivity index (χ4n) is 1.54. The lowest BCUT2D eigenvalue weighted by molar-refractivity contribution is 0.415. The number of aryl methyl sites for hydroxylation is 1. The van der Waals surface area contributed by atoms with Crippen LogP contribution < -0.4 is 15.8 Å². The molecule has 1 aromatic heterocycles. The van der Waals surface area contributed by atoms with Gasteiger partial charge in [-0.05, 0) is 24.6 Å². The first-order valence-corrected chi connectivity index (χ1v) is 5.29. The number of nitrogens with one attached hydrogen (secondary N) is 1. The maximum atomic E-state index is 13.6. The highest BCUT2D eigenvalue weighted by Gasteiger charge is 2.11. The third-order valence-electron chi connectivity index (χ3n) is 2.41. The lowest BCUT2D eigenvalue weighted by atomic mass is 10.2. The lowest BCUT2D eigenvalue weighted by Gasteiger charge is -2.11. The van der Waals surface area contributed by atoms with Crippen molar-refractivity contribution in [2.45, 2.75) is 6.92 Å². The van der Waals surface area contributed by atoms with E-state index in [0.717, 1.165) is 5.56 Å². The Balaban J connectivity index is 2.40. The quantitative estimate of drug-likeness (QED) is 0.871. The summed E-state index contributed by atoms with van der Waals surface area (Å²) < 4.78 is 18.7. The molecule has 0 aliphatic carbocycles. The smallest absolute Gasteiger partial charge is 0.204 e. The molecule has 2 rings (SSSR count). The van der Waals surface area contributed by atoms with Crippen molar-refractivity contribution in [2.75, 3.05) is 18.2 Å². The van der Waals surface area contributed by atoms with Gasteiger partial charge in [-0.15, -0.1) is 0 Å². The van der Waals surface area contributed by atoms with Crippen molar-refractivity contribution >= 4 is 17.3 Å². The number of rotatable bonds is 3. The van der Waals surface area contributed by atoms with E-state index in [2.05, 4.69) is 15.3 Å². The molecule has 3 N–H and O–H groups in total. The minimum Gasteiger partial charge on any atom is -0.490 e. The Kier molecular flexibility index (Phi) is 3.27. The Labute approximate surface area is 104 Å². The first-order valence-electron chi connectivity index (χ1n) is 5.29. The molecule has 0 radical (unpaired) electrons. The molecule has 1 heterocycles. The van der Waals surface area contributed by atoms with Crippen molar-refractivity contribution in [3.8, 4) is 5.75 Å². The zero-order valence-corrected chi connectivity index (χ0v) is 10.1. The van der Waals surface area contributed by atoms with Crippen molar-refractivity contribution in [3.63, 3.8) is 0 Å². The molecule has 0 saturated heterocycles. The highest BCUT2D eigenvalue weighted by molar-refractivity contribution is 5.68. The van der Waals surface area contributed by atoms with E-state index < -0.39 is 0 Å². The normalized spacial score (nSPS) is 10.2. The standard InChI is InChI=1S/C12H13FN4O/c1-7-3-4-8(13)9(5-7)17-12-10(18-2)11(14)15-6-16-12/h3-6H,1-2H3,(H3,14,15,16,17). The summed E-state index contributed by atoms with van der Waals surface area (Å²) in [6.45, 7) is 1.87. The lowest BCUT2D eigenvalue weighted by Crippen LogP contribution is -2.03. The van der Waals surface area contributed by atoms with E-state index in [1.807, 2.05) is 6.92 Å². The van der Waals surface area contributed by atoms with Crippen molar-refractivity contribution in [2.24, 2.45) is 0 Å². The number of aromatic nitrogens is 2. The summed E-state index contributed by atoms with van der Waals surface area (Å²) >= 11 is 0. The first kappa shape index (κ1) is 12.1. The number of anilines is 3. The van der Waals surface area contributed by atoms with Gasteiger partial charge in [0.2, 0.25) is 5.75 Å². The summed E-state index contributed by atoms with van der Waals surface area (Å²) in [4.78, 5) is 7.78. The topological polar surface area (TPSA) is 73.1 Å². The molecule has 1 aromatic carbocycles. The van der Waals surface area contributed by atoms with E-state index in [0.29, 0.717) is 17.3 Å². The molecular formula is C12H13FN4O. The molecule has 0 fully saturated rings. The number of ether oxygens (including phenoxy) is 1. The predicted molar refractivity (Wildman–Crippen MR) is 67.4 cm³/mol. The Morgan fingerprint density at radius 2 is 2.11 bits per heavy atom. The third kappa shape index (κ3) is 2.32. The number of methoxy groups -OCH3 is 1. The summed E-state index contributed by atoms with van der Waals surface area (Å²) in [5, 5.41) is 2.84. The number of hydrogen-bond acceptors (Lipinski definition) is 5. The highest BCUT2D eigenvalue weighted by atomic mass is 19.1. The van der Waals surface area contributed by atoms with Crippen LogP contribution in [0.3, 0.4) is 0 Å². The van der Waals surface area contributed by atoms with Crippen LogP contribution in [0.25, 0.3) is 0 Å². The van der Waals surface area contributed by atoms with Gasteiger partial charge in [-0.2, -0.15) is 0 Å². The van der Waals surface area contributed by atoms with Crippen LogP contribution >= 0.6 is 0 Å². The van der Waals surface area contributed by atoms with Crippen LogP contribution in [0, 0.1) is 12.7 Å². The SMILES string of the molecule is COc1c(N)ncnc1Nc1cc(C)ccc1F. The number of benzene rings is 1. The van der Waals surface area contributed by atoms with Gasteiger partial charge in [0, 0.05) is 0 Å². The number of halogens is 1. The number of nitrogens with two attached hydrogens (primary N) is 1. The highest BCUT2D eigenvalue weighted by Crippen LogP contribution is 2.30. The van der Waals surface area contributed by atoms with E-state index in [-0.39, 0.29) is 11.6 Å². The van der Waals surface area contributed by atoms with Crippen molar-refractivity contribution in [3.05, 3.63) is 35.9 Å². The largest absolute Gasteiger partial charge is 0.490 e. The summed E-state index contributed by atoms with van der Waals surface area (Å²) in [7, 11) is 1.45. The van der Waals surface area contributed by atoms with Gasteiger partial charge in [0.05, 0.1) is 12.8 Å². The van der Waals surface area contributed by atoms with E-state index in [9.17, 15) is 4.39 Å². The van der Waals surface area contributed by atoms with Crippen LogP contribution in [0.15, 0.2) is 24.5 Å². The summed E-state index contributed by atoms with van der Waals surface area (Å²) in [6, 6.07) is 4.74. The molecule has 0 saturated carbocycles. The van der Waals surface area contributed by atoms with Crippen LogP contribution in [0.1, 0.15) is 5.56 Å². The zero-order valence-electron chi connectivity index (χ0n) is 10.1. The Morgan fingerprint density at radius 1 is 1.33 bits per heavy atom. The van der Waals surface area contributed by atoms with Gasteiger partial charge in [-0.25, -0.2) is 14.4 Å². The van der Waals surface area contributed by atoms with Gasteiger partial charge in [0.1, 0.15) is 12.1 Å². The van der Waals surface area contributed by atoms with E-state index in [1.54, 1.807) is 12.1 Å². The van der Waals surface area contributed by atoms with Crippen molar-refractivity contribution < 1.29 is 9.13 Å². The van der Waals surface area contributed by atoms with Gasteiger partial charge in [-0.1, -0.05) is 6.07 Å². The second kappa shape index (κ2) is 4.87. The molecule has 18 heavy (non-hydrogen) atoms. The number of nitrogen functional groups attached to an aromatic ring is 1. The van der Waals surface area contributed by atoms with E-state index >= 15 is 0 Å². The van der Waals surface area contributed by atoms with Crippen molar-refractivity contribution in [1.82, 2.24) is 9.97 Å². The average Bonchev–Trinajstić information content (AvgIpc) is 2.34. The molecule has 0 aliphatic rings. The molecule has 0 amide bonds. The maximum Gasteiger partial charge on any atom is 0.204 e. The molecule has 94 valence electrons. The van der Waals surface area contributed by atoms with Gasteiger partial charge < -0.3 is 15.8 Å². The zero-order chi connectivity index (χ0) is 13.1. The summed E-state index contributed by atoms with van der Waals surface area (Å²) in [6.07, 6.45) is 1.29. The molecule has 5 nitrogen and oxygen atoms in total. The summed E-state index contributed by atoms with van der Waals surface area (Å²) in [5.41, 5.74) is 6.89. The third-order valence-corrected chi connectivity index (χ3v) is 2.41. The second-order valence-corrected chi connectivity index (χ2v) is 3.75. The van der Waals surface area contributed by atoms with Crippen LogP contribution in [0.4, 0.5) is 21.7 Å². The Morgan fingerprint density at radius 3 is 2.83 bits per heavy atom. The van der Waals surface area contributed by atoms with Gasteiger partial charge >= 0.3 is 0 Å². The maximum absolute atomic E-state index is 13.6. The van der Waals surface area contributed by atoms with Gasteiger partial charge in [0.25, 0.3) is 0 Å². The minimum atomic E-state index is -0.375. The molecule has 0 spiro atoms. The molecule has 0 atom stereocenters. The number of hydrogen-bond donors (Lipinski definition) is 2. The Hall–Kier alpha value is -2.37. The number of nitrogens with zero attached hydrogens (tertiary/aromatic N) is 2. The van der Waals surface area contributed by atoms with Crippen LogP contribution in [-0.4, -0.2) is 17.1 Å². The molecular weight excluding hydrogens is 235 g/mol. The fraction of sp³-hybridized carbons (Fsp3) is 0.167. The molecule has 6 heteroatoms. The fourth-order valence-corrected chi connectivity index (χ4v) is 1.54. The predicted octanol–water partition coefficient (Wildman–Crippen LogP) is 2.26. The molecule has 0 aliphatic heterocycles. The Bertz CT molecular complexity index is 574. The average molecular weight is 248 g/mol. The van der Waals surface area contributed by atoms with E-state index in [4.69, 9.17) is 10.5 Å². The first-order chi connectivity index (χ1) is 8.61. The van der Waals surface area contributed by atoms with Crippen LogP contribution in [0.2, 0.25) is 0 Å². The van der Waals surface area contributed by atoms with Gasteiger partial charge in [-0.3, -0.25) is 0 Å². The monoisotopic (exact) mass is 248 g/mol. The molecule has 0 unspecified atom stereocenters. The van der Waals surface area contributed by atoms with Crippen LogP contribution in [0.5, 0.6) is 5.75 Å². The van der Waals surface area contributed by atoms with Crippen molar-refractivity contribution in [1.29, 1.82) is 0 Å². The van der Waals surface area contributed by atoms with Crippen LogP contribution in [-0.2, 0) is 0 Å². The minimum absolute atomic E-state index is 0.197. The van der Waals surface area contributed by atoms with Gasteiger partial charge in [0.15, 0.2) is 11.6 Å².